The molecule has 0 aliphatic carbocycles. The van der Waals surface area contributed by atoms with Gasteiger partial charge in [0.15, 0.2) is 0 Å². The molecule has 0 aliphatic heterocycles. The number of alkyl halides is 3. The van der Waals surface area contributed by atoms with Crippen LogP contribution in [-0.2, 0) is 14.6 Å². The molecule has 1 amide bonds. The molecule has 2 aromatic carbocycles. The fourth-order valence-electron chi connectivity index (χ4n) is 2.68. The number of carbonyl (C=O) groups is 1. The van der Waals surface area contributed by atoms with Gasteiger partial charge in [0, 0.05) is 18.8 Å². The number of hydrogen-bond donors (Lipinski definition) is 6. The maximum atomic E-state index is 13.2. The number of benzene rings is 2. The Hall–Kier alpha value is -2.58. The Morgan fingerprint density at radius 1 is 1.00 bits per heavy atom. The standard InChI is InChI=1S/C20H23ClF3N3O6S/c1-19(31,20(22,23)24)18(30)27-14-6-7-15(17(16(14)21)26-9-11-29)34(32,33)13-4-2-12(3-5-13)25-8-10-28/h2-7,25-26,28-29,31H,8-11H2,1H3,(H,27,30)/t19-/m1/s1. The van der Waals surface area contributed by atoms with Crippen LogP contribution in [0.2, 0.25) is 5.02 Å². The number of halogens is 4. The van der Waals surface area contributed by atoms with Gasteiger partial charge in [0.05, 0.1) is 39.4 Å². The first-order valence-electron chi connectivity index (χ1n) is 9.75. The van der Waals surface area contributed by atoms with Crippen molar-refractivity contribution in [1.82, 2.24) is 0 Å². The Bertz CT molecular complexity index is 1130. The average molecular weight is 526 g/mol. The molecular formula is C20H23ClF3N3O6S. The predicted molar refractivity (Wildman–Crippen MR) is 120 cm³/mol. The fourth-order valence-corrected chi connectivity index (χ4v) is 4.45. The zero-order valence-corrected chi connectivity index (χ0v) is 19.4. The topological polar surface area (TPSA) is 148 Å². The van der Waals surface area contributed by atoms with Crippen molar-refractivity contribution in [3.63, 3.8) is 0 Å². The van der Waals surface area contributed by atoms with Crippen LogP contribution < -0.4 is 16.0 Å². The first kappa shape index (κ1) is 27.7. The Morgan fingerprint density at radius 2 is 1.56 bits per heavy atom. The van der Waals surface area contributed by atoms with E-state index in [1.807, 2.05) is 5.32 Å². The zero-order chi connectivity index (χ0) is 25.7. The van der Waals surface area contributed by atoms with Crippen molar-refractivity contribution in [2.45, 2.75) is 28.5 Å². The number of aliphatic hydroxyl groups excluding tert-OH is 2. The highest BCUT2D eigenvalue weighted by Crippen LogP contribution is 2.39. The summed E-state index contributed by atoms with van der Waals surface area (Å²) in [6.45, 7) is -0.200. The predicted octanol–water partition coefficient (Wildman–Crippen LogP) is 2.23. The van der Waals surface area contributed by atoms with Crippen molar-refractivity contribution >= 4 is 44.4 Å². The Kier molecular flexibility index (Phi) is 8.77. The van der Waals surface area contributed by atoms with E-state index in [0.29, 0.717) is 5.69 Å². The molecule has 0 heterocycles. The number of sulfone groups is 1. The van der Waals surface area contributed by atoms with Gasteiger partial charge in [0.25, 0.3) is 5.91 Å². The van der Waals surface area contributed by atoms with Gasteiger partial charge < -0.3 is 31.3 Å². The highest BCUT2D eigenvalue weighted by Gasteiger charge is 2.55. The molecule has 2 rings (SSSR count). The van der Waals surface area contributed by atoms with Crippen LogP contribution in [0.15, 0.2) is 46.2 Å². The van der Waals surface area contributed by atoms with Crippen molar-refractivity contribution in [2.75, 3.05) is 42.3 Å². The average Bonchev–Trinajstić information content (AvgIpc) is 2.77. The molecule has 14 heteroatoms. The zero-order valence-electron chi connectivity index (χ0n) is 17.8. The number of hydrogen-bond acceptors (Lipinski definition) is 8. The van der Waals surface area contributed by atoms with Crippen LogP contribution in [0.3, 0.4) is 0 Å². The first-order chi connectivity index (χ1) is 15.8. The number of anilines is 3. The summed E-state index contributed by atoms with van der Waals surface area (Å²) in [5.41, 5.74) is -3.83. The Balaban J connectivity index is 2.49. The number of aliphatic hydroxyl groups is 3. The highest BCUT2D eigenvalue weighted by atomic mass is 35.5. The Labute approximate surface area is 198 Å². The van der Waals surface area contributed by atoms with Crippen molar-refractivity contribution in [3.8, 4) is 0 Å². The molecular weight excluding hydrogens is 503 g/mol. The van der Waals surface area contributed by atoms with Crippen LogP contribution in [0.25, 0.3) is 0 Å². The maximum Gasteiger partial charge on any atom is 0.426 e. The van der Waals surface area contributed by atoms with Gasteiger partial charge in [0.1, 0.15) is 0 Å². The lowest BCUT2D eigenvalue weighted by molar-refractivity contribution is -0.242. The number of rotatable bonds is 10. The molecule has 0 spiro atoms. The van der Waals surface area contributed by atoms with E-state index in [4.69, 9.17) is 21.8 Å². The normalized spacial score (nSPS) is 13.8. The van der Waals surface area contributed by atoms with Crippen LogP contribution in [-0.4, -0.2) is 67.7 Å². The smallest absolute Gasteiger partial charge is 0.395 e. The summed E-state index contributed by atoms with van der Waals surface area (Å²) in [5.74, 6) is -1.82. The van der Waals surface area contributed by atoms with Gasteiger partial charge >= 0.3 is 6.18 Å². The summed E-state index contributed by atoms with van der Waals surface area (Å²) < 4.78 is 65.3. The second kappa shape index (κ2) is 10.8. The molecule has 1 atom stereocenters. The minimum absolute atomic E-state index is 0.125. The molecule has 6 N–H and O–H groups in total. The van der Waals surface area contributed by atoms with Crippen LogP contribution >= 0.6 is 11.6 Å². The van der Waals surface area contributed by atoms with E-state index in [-0.39, 0.29) is 47.8 Å². The summed E-state index contributed by atoms with van der Waals surface area (Å²) in [5, 5.41) is 34.4. The van der Waals surface area contributed by atoms with E-state index in [1.165, 1.54) is 24.3 Å². The van der Waals surface area contributed by atoms with Crippen molar-refractivity contribution in [2.24, 2.45) is 0 Å². The van der Waals surface area contributed by atoms with Crippen molar-refractivity contribution < 1.29 is 41.7 Å². The number of carbonyl (C=O) groups excluding carboxylic acids is 1. The minimum atomic E-state index is -5.27. The third-order valence-corrected chi connectivity index (χ3v) is 6.86. The summed E-state index contributed by atoms with van der Waals surface area (Å²) in [4.78, 5) is 11.5. The van der Waals surface area contributed by atoms with E-state index in [9.17, 15) is 31.5 Å². The molecule has 0 saturated carbocycles. The van der Waals surface area contributed by atoms with Gasteiger partial charge in [-0.3, -0.25) is 4.79 Å². The number of nitrogens with one attached hydrogen (secondary N) is 3. The van der Waals surface area contributed by atoms with Crippen LogP contribution in [0.4, 0.5) is 30.2 Å². The lowest BCUT2D eigenvalue weighted by Crippen LogP contribution is -2.52. The SMILES string of the molecule is C[C@@](O)(C(=O)Nc1ccc(S(=O)(=O)c2ccc(NCCO)cc2)c(NCCO)c1Cl)C(F)(F)F. The van der Waals surface area contributed by atoms with Gasteiger partial charge in [-0.1, -0.05) is 11.6 Å². The minimum Gasteiger partial charge on any atom is -0.395 e. The van der Waals surface area contributed by atoms with E-state index >= 15 is 0 Å². The van der Waals surface area contributed by atoms with Crippen molar-refractivity contribution in [3.05, 3.63) is 41.4 Å². The van der Waals surface area contributed by atoms with Crippen molar-refractivity contribution in [1.29, 1.82) is 0 Å². The summed E-state index contributed by atoms with van der Waals surface area (Å²) in [6.07, 6.45) is -5.27. The molecule has 0 bridgehead atoms. The van der Waals surface area contributed by atoms with Crippen LogP contribution in [0, 0.1) is 0 Å². The maximum absolute atomic E-state index is 13.2. The van der Waals surface area contributed by atoms with E-state index in [0.717, 1.165) is 12.1 Å². The first-order valence-corrected chi connectivity index (χ1v) is 11.6. The lowest BCUT2D eigenvalue weighted by Gasteiger charge is -2.25. The molecule has 0 fully saturated rings. The molecule has 0 unspecified atom stereocenters. The second-order valence-corrected chi connectivity index (χ2v) is 9.45. The largest absolute Gasteiger partial charge is 0.426 e. The van der Waals surface area contributed by atoms with Crippen LogP contribution in [0.1, 0.15) is 6.92 Å². The van der Waals surface area contributed by atoms with Gasteiger partial charge in [-0.2, -0.15) is 13.2 Å². The molecule has 9 nitrogen and oxygen atoms in total. The van der Waals surface area contributed by atoms with E-state index in [2.05, 4.69) is 10.6 Å². The van der Waals surface area contributed by atoms with Gasteiger partial charge in [-0.25, -0.2) is 8.42 Å². The lowest BCUT2D eigenvalue weighted by atomic mass is 10.1. The molecule has 0 aliphatic rings. The molecule has 0 radical (unpaired) electrons. The number of amides is 1. The van der Waals surface area contributed by atoms with Gasteiger partial charge in [-0.05, 0) is 43.3 Å². The van der Waals surface area contributed by atoms with Crippen LogP contribution in [0.5, 0.6) is 0 Å². The van der Waals surface area contributed by atoms with Gasteiger partial charge in [-0.15, -0.1) is 0 Å². The van der Waals surface area contributed by atoms with Gasteiger partial charge in [0.2, 0.25) is 15.4 Å². The third-order valence-electron chi connectivity index (χ3n) is 4.65. The monoisotopic (exact) mass is 525 g/mol. The summed E-state index contributed by atoms with van der Waals surface area (Å²) >= 11 is 6.21. The quantitative estimate of drug-likeness (QED) is 0.277. The Morgan fingerprint density at radius 3 is 2.09 bits per heavy atom. The summed E-state index contributed by atoms with van der Waals surface area (Å²) in [6, 6.07) is 7.55. The highest BCUT2D eigenvalue weighted by molar-refractivity contribution is 7.91. The molecule has 0 aromatic heterocycles. The molecule has 34 heavy (non-hydrogen) atoms. The van der Waals surface area contributed by atoms with E-state index < -0.39 is 39.2 Å². The molecule has 188 valence electrons. The molecule has 2 aromatic rings. The third kappa shape index (κ3) is 5.91. The van der Waals surface area contributed by atoms with E-state index in [1.54, 1.807) is 0 Å². The summed E-state index contributed by atoms with van der Waals surface area (Å²) in [7, 11) is -4.20. The molecule has 0 saturated heterocycles. The second-order valence-electron chi connectivity index (χ2n) is 7.15. The fraction of sp³-hybridized carbons (Fsp3) is 0.350.